The Kier molecular flexibility index (Phi) is 3.12. The zero-order chi connectivity index (χ0) is 12.3. The van der Waals surface area contributed by atoms with E-state index in [1.165, 1.54) is 0 Å². The lowest BCUT2D eigenvalue weighted by molar-refractivity contribution is -0.138. The smallest absolute Gasteiger partial charge is 0.337 e. The van der Waals surface area contributed by atoms with Crippen LogP contribution in [0.1, 0.15) is 5.69 Å². The van der Waals surface area contributed by atoms with Crippen molar-refractivity contribution >= 4 is 16.9 Å². The van der Waals surface area contributed by atoms with Gasteiger partial charge in [0.05, 0.1) is 0 Å². The molecule has 1 aromatic heterocycles. The Labute approximate surface area is 98.8 Å². The number of rotatable bonds is 3. The van der Waals surface area contributed by atoms with Crippen LogP contribution in [0.15, 0.2) is 30.3 Å². The van der Waals surface area contributed by atoms with Gasteiger partial charge in [0.2, 0.25) is 0 Å². The van der Waals surface area contributed by atoms with Crippen molar-refractivity contribution in [2.75, 3.05) is 0 Å². The molecule has 1 heterocycles. The highest BCUT2D eigenvalue weighted by Gasteiger charge is 2.16. The number of fused-ring (bicyclic) bond motifs is 1. The van der Waals surface area contributed by atoms with E-state index in [-0.39, 0.29) is 0 Å². The molecule has 0 aliphatic heterocycles. The number of hydrogen-bond acceptors (Lipinski definition) is 3. The second-order valence-electron chi connectivity index (χ2n) is 3.73. The van der Waals surface area contributed by atoms with Crippen LogP contribution in [0.2, 0.25) is 0 Å². The number of H-pyrrole nitrogens is 1. The van der Waals surface area contributed by atoms with Gasteiger partial charge in [-0.05, 0) is 17.5 Å². The Morgan fingerprint density at radius 1 is 1.53 bits per heavy atom. The molecule has 2 rings (SSSR count). The standard InChI is InChI=1S/C13H12N2O2/c1-2-17-13(16)11(14)8-10-7-9-5-3-4-6-12(9)15-10/h1,3-7,11,15H,8,14H2. The number of hydrogen-bond donors (Lipinski definition) is 2. The largest absolute Gasteiger partial charge is 0.371 e. The Morgan fingerprint density at radius 2 is 2.29 bits per heavy atom. The summed E-state index contributed by atoms with van der Waals surface area (Å²) >= 11 is 0. The van der Waals surface area contributed by atoms with Crippen molar-refractivity contribution < 1.29 is 9.53 Å². The highest BCUT2D eigenvalue weighted by atomic mass is 16.5. The van der Waals surface area contributed by atoms with E-state index in [2.05, 4.69) is 9.72 Å². The minimum absolute atomic E-state index is 0.370. The molecule has 1 aromatic carbocycles. The van der Waals surface area contributed by atoms with Gasteiger partial charge in [0.15, 0.2) is 0 Å². The molecule has 86 valence electrons. The maximum atomic E-state index is 11.3. The van der Waals surface area contributed by atoms with Gasteiger partial charge >= 0.3 is 5.97 Å². The predicted octanol–water partition coefficient (Wildman–Crippen LogP) is 1.17. The number of para-hydroxylation sites is 1. The Bertz CT molecular complexity index is 547. The average molecular weight is 228 g/mol. The summed E-state index contributed by atoms with van der Waals surface area (Å²) < 4.78 is 4.40. The van der Waals surface area contributed by atoms with Crippen LogP contribution in [0.5, 0.6) is 0 Å². The number of benzene rings is 1. The van der Waals surface area contributed by atoms with Gasteiger partial charge < -0.3 is 15.5 Å². The number of carbonyl (C=O) groups is 1. The lowest BCUT2D eigenvalue weighted by atomic mass is 10.1. The van der Waals surface area contributed by atoms with E-state index >= 15 is 0 Å². The zero-order valence-electron chi connectivity index (χ0n) is 9.14. The molecule has 0 fully saturated rings. The minimum Gasteiger partial charge on any atom is -0.371 e. The molecule has 17 heavy (non-hydrogen) atoms. The molecule has 4 heteroatoms. The average Bonchev–Trinajstić information content (AvgIpc) is 2.71. The predicted molar refractivity (Wildman–Crippen MR) is 64.9 cm³/mol. The van der Waals surface area contributed by atoms with Crippen molar-refractivity contribution in [3.05, 3.63) is 36.0 Å². The van der Waals surface area contributed by atoms with Crippen LogP contribution in [0, 0.1) is 12.5 Å². The maximum Gasteiger partial charge on any atom is 0.337 e. The topological polar surface area (TPSA) is 68.1 Å². The fraction of sp³-hybridized carbons (Fsp3) is 0.154. The maximum absolute atomic E-state index is 11.3. The molecule has 0 radical (unpaired) electrons. The van der Waals surface area contributed by atoms with Crippen LogP contribution in [0.25, 0.3) is 10.9 Å². The van der Waals surface area contributed by atoms with E-state index in [9.17, 15) is 4.79 Å². The van der Waals surface area contributed by atoms with Crippen molar-refractivity contribution in [2.24, 2.45) is 5.73 Å². The molecule has 0 saturated heterocycles. The van der Waals surface area contributed by atoms with Gasteiger partial charge in [0, 0.05) is 17.6 Å². The van der Waals surface area contributed by atoms with E-state index in [1.54, 1.807) is 0 Å². The Hall–Kier alpha value is -2.25. The molecule has 2 aromatic rings. The normalized spacial score (nSPS) is 12.0. The van der Waals surface area contributed by atoms with Gasteiger partial charge in [-0.2, -0.15) is 0 Å². The molecule has 0 aliphatic carbocycles. The summed E-state index contributed by atoms with van der Waals surface area (Å²) in [7, 11) is 0. The summed E-state index contributed by atoms with van der Waals surface area (Å²) in [5.74, 6) is -0.592. The number of aromatic nitrogens is 1. The van der Waals surface area contributed by atoms with E-state index in [4.69, 9.17) is 12.2 Å². The number of carbonyl (C=O) groups excluding carboxylic acids is 1. The van der Waals surface area contributed by atoms with Gasteiger partial charge in [-0.25, -0.2) is 4.79 Å². The van der Waals surface area contributed by atoms with Crippen molar-refractivity contribution in [3.63, 3.8) is 0 Å². The number of aromatic amines is 1. The molecular weight excluding hydrogens is 216 g/mol. The van der Waals surface area contributed by atoms with Crippen molar-refractivity contribution in [1.82, 2.24) is 4.98 Å². The summed E-state index contributed by atoms with van der Waals surface area (Å²) in [6.07, 6.45) is 7.06. The van der Waals surface area contributed by atoms with Crippen LogP contribution in [0.4, 0.5) is 0 Å². The van der Waals surface area contributed by atoms with E-state index in [0.29, 0.717) is 6.42 Å². The lowest BCUT2D eigenvalue weighted by Crippen LogP contribution is -2.33. The number of nitrogens with two attached hydrogens (primary N) is 1. The first-order chi connectivity index (χ1) is 8.20. The fourth-order valence-corrected chi connectivity index (χ4v) is 1.70. The Balaban J connectivity index is 2.13. The van der Waals surface area contributed by atoms with Crippen molar-refractivity contribution in [3.8, 4) is 12.5 Å². The van der Waals surface area contributed by atoms with Crippen LogP contribution >= 0.6 is 0 Å². The molecular formula is C13H12N2O2. The van der Waals surface area contributed by atoms with E-state index < -0.39 is 12.0 Å². The summed E-state index contributed by atoms with van der Waals surface area (Å²) in [5.41, 5.74) is 7.56. The molecule has 4 nitrogen and oxygen atoms in total. The van der Waals surface area contributed by atoms with Gasteiger partial charge in [0.25, 0.3) is 0 Å². The SMILES string of the molecule is C#COC(=O)C(N)Cc1cc2ccccc2[nH]1. The fourth-order valence-electron chi connectivity index (χ4n) is 1.70. The highest BCUT2D eigenvalue weighted by Crippen LogP contribution is 2.15. The van der Waals surface area contributed by atoms with Crippen LogP contribution in [-0.4, -0.2) is 17.0 Å². The molecule has 0 bridgehead atoms. The van der Waals surface area contributed by atoms with Crippen molar-refractivity contribution in [2.45, 2.75) is 12.5 Å². The number of esters is 1. The molecule has 0 saturated carbocycles. The molecule has 1 atom stereocenters. The summed E-state index contributed by atoms with van der Waals surface area (Å²) in [6, 6.07) is 9.05. The van der Waals surface area contributed by atoms with E-state index in [1.807, 2.05) is 36.4 Å². The summed E-state index contributed by atoms with van der Waals surface area (Å²) in [5, 5.41) is 1.08. The second kappa shape index (κ2) is 4.73. The third-order valence-electron chi connectivity index (χ3n) is 2.49. The monoisotopic (exact) mass is 228 g/mol. The van der Waals surface area contributed by atoms with E-state index in [0.717, 1.165) is 16.6 Å². The number of ether oxygens (including phenoxy) is 1. The first-order valence-electron chi connectivity index (χ1n) is 5.19. The third-order valence-corrected chi connectivity index (χ3v) is 2.49. The summed E-state index contributed by atoms with van der Waals surface area (Å²) in [4.78, 5) is 14.4. The van der Waals surface area contributed by atoms with Gasteiger partial charge in [-0.1, -0.05) is 24.6 Å². The van der Waals surface area contributed by atoms with Crippen LogP contribution < -0.4 is 5.73 Å². The summed E-state index contributed by atoms with van der Waals surface area (Å²) in [6.45, 7) is 0. The first kappa shape index (κ1) is 11.2. The molecule has 0 aliphatic rings. The van der Waals surface area contributed by atoms with Crippen molar-refractivity contribution in [1.29, 1.82) is 0 Å². The van der Waals surface area contributed by atoms with Gasteiger partial charge in [-0.3, -0.25) is 0 Å². The quantitative estimate of drug-likeness (QED) is 0.612. The molecule has 0 amide bonds. The zero-order valence-corrected chi connectivity index (χ0v) is 9.14. The van der Waals surface area contributed by atoms with Gasteiger partial charge in [-0.15, -0.1) is 0 Å². The van der Waals surface area contributed by atoms with Crippen LogP contribution in [-0.2, 0) is 16.0 Å². The lowest BCUT2D eigenvalue weighted by Gasteiger charge is -2.05. The van der Waals surface area contributed by atoms with Crippen LogP contribution in [0.3, 0.4) is 0 Å². The number of nitrogens with one attached hydrogen (secondary N) is 1. The first-order valence-corrected chi connectivity index (χ1v) is 5.19. The highest BCUT2D eigenvalue weighted by molar-refractivity contribution is 5.81. The number of terminal acetylenes is 1. The third kappa shape index (κ3) is 2.47. The Morgan fingerprint density at radius 3 is 3.00 bits per heavy atom. The molecule has 0 spiro atoms. The minimum atomic E-state index is -0.751. The molecule has 1 unspecified atom stereocenters. The second-order valence-corrected chi connectivity index (χ2v) is 3.73. The molecule has 3 N–H and O–H groups in total. The van der Waals surface area contributed by atoms with Gasteiger partial charge in [0.1, 0.15) is 12.1 Å².